The normalized spacial score (nSPS) is 27.2. The molecule has 68 valence electrons. The minimum absolute atomic E-state index is 0.00639. The molecule has 1 amide bonds. The summed E-state index contributed by atoms with van der Waals surface area (Å²) >= 11 is 0. The molecule has 0 aromatic carbocycles. The lowest BCUT2D eigenvalue weighted by Crippen LogP contribution is -2.50. The van der Waals surface area contributed by atoms with E-state index in [4.69, 9.17) is 5.73 Å². The summed E-state index contributed by atoms with van der Waals surface area (Å²) in [5, 5.41) is 2.88. The Balaban J connectivity index is 2.24. The van der Waals surface area contributed by atoms with E-state index in [-0.39, 0.29) is 5.91 Å². The third kappa shape index (κ3) is 2.66. The molecule has 0 bridgehead atoms. The molecule has 0 aromatic heterocycles. The van der Waals surface area contributed by atoms with Gasteiger partial charge in [0.25, 0.3) is 0 Å². The molecule has 3 nitrogen and oxygen atoms in total. The van der Waals surface area contributed by atoms with E-state index in [0.717, 1.165) is 18.4 Å². The van der Waals surface area contributed by atoms with E-state index in [1.807, 2.05) is 13.8 Å². The lowest BCUT2D eigenvalue weighted by Gasteiger charge is -2.32. The zero-order chi connectivity index (χ0) is 9.14. The summed E-state index contributed by atoms with van der Waals surface area (Å²) in [6, 6.07) is 0.602. The maximum Gasteiger partial charge on any atom is 0.244 e. The van der Waals surface area contributed by atoms with E-state index >= 15 is 0 Å². The molecule has 0 aromatic rings. The number of carbonyl (C=O) groups excluding carboxylic acids is 1. The van der Waals surface area contributed by atoms with Crippen LogP contribution in [-0.2, 0) is 4.79 Å². The second-order valence-corrected chi connectivity index (χ2v) is 3.66. The van der Waals surface area contributed by atoms with E-state index in [1.165, 1.54) is 0 Å². The molecule has 0 aliphatic heterocycles. The van der Waals surface area contributed by atoms with Gasteiger partial charge in [0.1, 0.15) is 0 Å². The second-order valence-electron chi connectivity index (χ2n) is 3.66. The first-order valence-corrected chi connectivity index (χ1v) is 4.29. The van der Waals surface area contributed by atoms with Gasteiger partial charge in [-0.25, -0.2) is 0 Å². The van der Waals surface area contributed by atoms with Crippen LogP contribution >= 0.6 is 0 Å². The van der Waals surface area contributed by atoms with Gasteiger partial charge in [-0.2, -0.15) is 0 Å². The lowest BCUT2D eigenvalue weighted by atomic mass is 9.87. The van der Waals surface area contributed by atoms with Crippen LogP contribution < -0.4 is 11.1 Å². The van der Waals surface area contributed by atoms with Crippen LogP contribution in [0, 0.1) is 0 Å². The van der Waals surface area contributed by atoms with Gasteiger partial charge in [0.05, 0.1) is 0 Å². The third-order valence-corrected chi connectivity index (χ3v) is 1.94. The maximum atomic E-state index is 11.1. The molecule has 0 unspecified atom stereocenters. The van der Waals surface area contributed by atoms with E-state index in [9.17, 15) is 4.79 Å². The predicted molar refractivity (Wildman–Crippen MR) is 48.6 cm³/mol. The fourth-order valence-electron chi connectivity index (χ4n) is 1.28. The van der Waals surface area contributed by atoms with Crippen molar-refractivity contribution in [2.24, 2.45) is 5.73 Å². The molecular weight excluding hydrogens is 152 g/mol. The summed E-state index contributed by atoms with van der Waals surface area (Å²) in [6.45, 7) is 3.82. The molecule has 3 heteroatoms. The number of nitrogens with two attached hydrogens (primary N) is 1. The van der Waals surface area contributed by atoms with Crippen molar-refractivity contribution in [2.45, 2.75) is 38.8 Å². The monoisotopic (exact) mass is 168 g/mol. The van der Waals surface area contributed by atoms with Crippen molar-refractivity contribution in [3.8, 4) is 0 Å². The largest absolute Gasteiger partial charge is 0.350 e. The van der Waals surface area contributed by atoms with Crippen molar-refractivity contribution >= 4 is 5.91 Å². The first-order valence-electron chi connectivity index (χ1n) is 4.29. The fraction of sp³-hybridized carbons (Fsp3) is 0.667. The summed E-state index contributed by atoms with van der Waals surface area (Å²) in [6.07, 6.45) is 3.45. The van der Waals surface area contributed by atoms with Crippen molar-refractivity contribution in [1.29, 1.82) is 0 Å². The topological polar surface area (TPSA) is 55.1 Å². The number of hydrogen-bond acceptors (Lipinski definition) is 2. The van der Waals surface area contributed by atoms with Crippen LogP contribution in [0.3, 0.4) is 0 Å². The minimum atomic E-state index is 0.00639. The summed E-state index contributed by atoms with van der Waals surface area (Å²) in [5.74, 6) is 0.00639. The summed E-state index contributed by atoms with van der Waals surface area (Å²) in [5.41, 5.74) is 6.60. The van der Waals surface area contributed by atoms with Crippen molar-refractivity contribution in [3.63, 3.8) is 0 Å². The average molecular weight is 168 g/mol. The summed E-state index contributed by atoms with van der Waals surface area (Å²) in [4.78, 5) is 11.1. The maximum absolute atomic E-state index is 11.1. The lowest BCUT2D eigenvalue weighted by molar-refractivity contribution is -0.117. The third-order valence-electron chi connectivity index (χ3n) is 1.94. The summed E-state index contributed by atoms with van der Waals surface area (Å²) in [7, 11) is 0. The molecule has 1 fully saturated rings. The van der Waals surface area contributed by atoms with Gasteiger partial charge in [-0.1, -0.05) is 5.57 Å². The molecule has 0 spiro atoms. The van der Waals surface area contributed by atoms with Gasteiger partial charge in [0.15, 0.2) is 0 Å². The number of nitrogens with one attached hydrogen (secondary N) is 1. The van der Waals surface area contributed by atoms with Gasteiger partial charge < -0.3 is 11.1 Å². The van der Waals surface area contributed by atoms with Gasteiger partial charge in [-0.15, -0.1) is 0 Å². The predicted octanol–water partition coefficient (Wildman–Crippen LogP) is 0.558. The highest BCUT2D eigenvalue weighted by Gasteiger charge is 2.26. The number of allylic oxidation sites excluding steroid dienone is 1. The molecule has 1 saturated carbocycles. The van der Waals surface area contributed by atoms with Gasteiger partial charge in [0, 0.05) is 18.2 Å². The average Bonchev–Trinajstić information content (AvgIpc) is 1.82. The van der Waals surface area contributed by atoms with E-state index < -0.39 is 0 Å². The highest BCUT2D eigenvalue weighted by Crippen LogP contribution is 2.17. The number of carbonyl (C=O) groups is 1. The Hall–Kier alpha value is -0.830. The van der Waals surface area contributed by atoms with Crippen LogP contribution in [0.4, 0.5) is 0 Å². The molecule has 1 aliphatic carbocycles. The molecule has 1 aliphatic rings. The molecular formula is C9H16N2O. The molecule has 0 heterocycles. The zero-order valence-electron chi connectivity index (χ0n) is 7.63. The fourth-order valence-corrected chi connectivity index (χ4v) is 1.28. The number of rotatable bonds is 2. The standard InChI is InChI=1S/C9H16N2O/c1-6(2)3-9(12)11-8-4-7(10)5-8/h3,7-8H,4-5,10H2,1-2H3,(H,11,12). The van der Waals surface area contributed by atoms with Gasteiger partial charge in [0.2, 0.25) is 5.91 Å². The first-order chi connectivity index (χ1) is 5.58. The second kappa shape index (κ2) is 3.72. The Kier molecular flexibility index (Phi) is 2.87. The first kappa shape index (κ1) is 9.26. The van der Waals surface area contributed by atoms with Crippen LogP contribution in [0.1, 0.15) is 26.7 Å². The molecule has 0 atom stereocenters. The Morgan fingerprint density at radius 1 is 1.50 bits per heavy atom. The minimum Gasteiger partial charge on any atom is -0.350 e. The molecule has 1 rings (SSSR count). The van der Waals surface area contributed by atoms with E-state index in [0.29, 0.717) is 12.1 Å². The van der Waals surface area contributed by atoms with E-state index in [2.05, 4.69) is 5.32 Å². The van der Waals surface area contributed by atoms with Crippen LogP contribution in [0.15, 0.2) is 11.6 Å². The molecule has 12 heavy (non-hydrogen) atoms. The van der Waals surface area contributed by atoms with E-state index in [1.54, 1.807) is 6.08 Å². The molecule has 0 saturated heterocycles. The van der Waals surface area contributed by atoms with Crippen molar-refractivity contribution in [1.82, 2.24) is 5.32 Å². The zero-order valence-corrected chi connectivity index (χ0v) is 7.63. The highest BCUT2D eigenvalue weighted by molar-refractivity contribution is 5.88. The summed E-state index contributed by atoms with van der Waals surface area (Å²) < 4.78 is 0. The van der Waals surface area contributed by atoms with Crippen LogP contribution in [0.25, 0.3) is 0 Å². The number of amides is 1. The Morgan fingerprint density at radius 2 is 2.08 bits per heavy atom. The van der Waals surface area contributed by atoms with Gasteiger partial charge in [-0.05, 0) is 26.7 Å². The Bertz CT molecular complexity index is 201. The quantitative estimate of drug-likeness (QED) is 0.592. The smallest absolute Gasteiger partial charge is 0.244 e. The molecule has 0 radical (unpaired) electrons. The van der Waals surface area contributed by atoms with Crippen LogP contribution in [0.2, 0.25) is 0 Å². The van der Waals surface area contributed by atoms with Crippen molar-refractivity contribution in [3.05, 3.63) is 11.6 Å². The van der Waals surface area contributed by atoms with Crippen LogP contribution in [0.5, 0.6) is 0 Å². The SMILES string of the molecule is CC(C)=CC(=O)NC1CC(N)C1. The molecule has 3 N–H and O–H groups in total. The van der Waals surface area contributed by atoms with Gasteiger partial charge in [-0.3, -0.25) is 4.79 Å². The highest BCUT2D eigenvalue weighted by atomic mass is 16.1. The van der Waals surface area contributed by atoms with Gasteiger partial charge >= 0.3 is 0 Å². The Labute approximate surface area is 73.0 Å². The van der Waals surface area contributed by atoms with Crippen molar-refractivity contribution < 1.29 is 4.79 Å². The van der Waals surface area contributed by atoms with Crippen LogP contribution in [-0.4, -0.2) is 18.0 Å². The Morgan fingerprint density at radius 3 is 2.50 bits per heavy atom. The number of hydrogen-bond donors (Lipinski definition) is 2. The van der Waals surface area contributed by atoms with Crippen molar-refractivity contribution in [2.75, 3.05) is 0 Å².